The molecule has 1 rings (SSSR count). The van der Waals surface area contributed by atoms with Crippen LogP contribution in [0.4, 0.5) is 0 Å². The van der Waals surface area contributed by atoms with Crippen LogP contribution < -0.4 is 0 Å². The second-order valence-corrected chi connectivity index (χ2v) is 6.95. The molecule has 1 aliphatic rings. The van der Waals surface area contributed by atoms with Crippen molar-refractivity contribution in [3.8, 4) is 0 Å². The summed E-state index contributed by atoms with van der Waals surface area (Å²) in [6, 6.07) is 0. The van der Waals surface area contributed by atoms with Crippen molar-refractivity contribution in [2.24, 2.45) is 0 Å². The van der Waals surface area contributed by atoms with Crippen LogP contribution in [-0.4, -0.2) is 56.9 Å². The highest BCUT2D eigenvalue weighted by atomic mass is 16.5. The number of rotatable bonds is 13. The van der Waals surface area contributed by atoms with Gasteiger partial charge in [-0.25, -0.2) is 0 Å². The first-order valence-electron chi connectivity index (χ1n) is 9.68. The van der Waals surface area contributed by atoms with Gasteiger partial charge in [0, 0.05) is 12.8 Å². The molecular formula is C20H34O6. The minimum atomic E-state index is -0.852. The van der Waals surface area contributed by atoms with Crippen LogP contribution in [0.15, 0.2) is 24.3 Å². The number of hydrogen-bond donors (Lipinski definition) is 4. The van der Waals surface area contributed by atoms with Crippen LogP contribution in [0.5, 0.6) is 0 Å². The van der Waals surface area contributed by atoms with Gasteiger partial charge in [0.25, 0.3) is 0 Å². The molecule has 1 saturated heterocycles. The number of carboxylic acids is 1. The lowest BCUT2D eigenvalue weighted by molar-refractivity contribution is -0.137. The average molecular weight is 370 g/mol. The van der Waals surface area contributed by atoms with Crippen molar-refractivity contribution in [3.05, 3.63) is 24.3 Å². The summed E-state index contributed by atoms with van der Waals surface area (Å²) in [6.07, 6.45) is 10.2. The van der Waals surface area contributed by atoms with Gasteiger partial charge in [0.2, 0.25) is 0 Å². The number of carboxylic acid groups (broad SMARTS) is 1. The molecule has 6 heteroatoms. The number of carbonyl (C=O) groups is 1. The van der Waals surface area contributed by atoms with E-state index in [1.54, 1.807) is 12.2 Å². The number of unbranched alkanes of at least 4 members (excludes halogenated alkanes) is 3. The van der Waals surface area contributed by atoms with Gasteiger partial charge in [-0.1, -0.05) is 50.5 Å². The van der Waals surface area contributed by atoms with Gasteiger partial charge in [0.1, 0.15) is 0 Å². The van der Waals surface area contributed by atoms with E-state index in [1.165, 1.54) is 0 Å². The topological polar surface area (TPSA) is 107 Å². The van der Waals surface area contributed by atoms with Crippen LogP contribution in [-0.2, 0) is 9.53 Å². The van der Waals surface area contributed by atoms with Crippen molar-refractivity contribution < 1.29 is 30.0 Å². The number of aliphatic carboxylic acids is 1. The molecule has 0 spiro atoms. The lowest BCUT2D eigenvalue weighted by Gasteiger charge is -2.16. The van der Waals surface area contributed by atoms with E-state index in [2.05, 4.69) is 6.92 Å². The first-order valence-corrected chi connectivity index (χ1v) is 9.68. The Kier molecular flexibility index (Phi) is 11.4. The molecular weight excluding hydrogens is 336 g/mol. The number of ether oxygens (including phenoxy) is 1. The Morgan fingerprint density at radius 2 is 1.96 bits per heavy atom. The van der Waals surface area contributed by atoms with Crippen LogP contribution in [0, 0.1) is 0 Å². The van der Waals surface area contributed by atoms with Crippen LogP contribution in [0.1, 0.15) is 64.7 Å². The molecule has 5 atom stereocenters. The fourth-order valence-corrected chi connectivity index (χ4v) is 2.98. The van der Waals surface area contributed by atoms with Gasteiger partial charge in [-0.05, 0) is 25.7 Å². The van der Waals surface area contributed by atoms with E-state index >= 15 is 0 Å². The number of aliphatic hydroxyl groups excluding tert-OH is 3. The van der Waals surface area contributed by atoms with E-state index in [0.29, 0.717) is 32.1 Å². The van der Waals surface area contributed by atoms with Gasteiger partial charge in [-0.15, -0.1) is 0 Å². The lowest BCUT2D eigenvalue weighted by atomic mass is 10.0. The van der Waals surface area contributed by atoms with E-state index < -0.39 is 30.4 Å². The summed E-state index contributed by atoms with van der Waals surface area (Å²) >= 11 is 0. The minimum absolute atomic E-state index is 0.151. The molecule has 0 aromatic heterocycles. The summed E-state index contributed by atoms with van der Waals surface area (Å²) in [5, 5.41) is 38.7. The Morgan fingerprint density at radius 3 is 2.65 bits per heavy atom. The molecule has 0 saturated carbocycles. The molecule has 0 bridgehead atoms. The molecule has 0 amide bonds. The van der Waals surface area contributed by atoms with Gasteiger partial charge >= 0.3 is 5.97 Å². The highest BCUT2D eigenvalue weighted by Crippen LogP contribution is 2.26. The predicted octanol–water partition coefficient (Wildman–Crippen LogP) is 2.56. The Balaban J connectivity index is 2.30. The largest absolute Gasteiger partial charge is 0.481 e. The fraction of sp³-hybridized carbons (Fsp3) is 0.750. The van der Waals surface area contributed by atoms with Crippen molar-refractivity contribution in [3.63, 3.8) is 0 Å². The molecule has 4 N–H and O–H groups in total. The predicted molar refractivity (Wildman–Crippen MR) is 99.8 cm³/mol. The maximum atomic E-state index is 10.4. The van der Waals surface area contributed by atoms with Crippen molar-refractivity contribution in [1.29, 1.82) is 0 Å². The minimum Gasteiger partial charge on any atom is -0.481 e. The molecule has 26 heavy (non-hydrogen) atoms. The molecule has 1 aliphatic heterocycles. The normalized spacial score (nSPS) is 25.9. The molecule has 0 unspecified atom stereocenters. The van der Waals surface area contributed by atoms with E-state index in [0.717, 1.165) is 19.3 Å². The molecule has 6 nitrogen and oxygen atoms in total. The maximum Gasteiger partial charge on any atom is 0.303 e. The first kappa shape index (κ1) is 22.8. The number of aliphatic hydroxyl groups is 3. The standard InChI is InChI=1S/C20H34O6/c1-2-3-6-9-15(21)12-13-16(22)19-14-17(23)18(26-19)10-7-4-5-8-11-20(24)25/h4,7,12-13,15-19,21-23H,2-3,5-6,8-11,14H2,1H3,(H,24,25)/b7-4-,13-12+/t15-,16-,17-,18+,19-/m0/s1. The van der Waals surface area contributed by atoms with Gasteiger partial charge in [-0.3, -0.25) is 4.79 Å². The third-order valence-corrected chi connectivity index (χ3v) is 4.56. The molecule has 150 valence electrons. The first-order chi connectivity index (χ1) is 12.4. The monoisotopic (exact) mass is 370 g/mol. The number of hydrogen-bond acceptors (Lipinski definition) is 5. The summed E-state index contributed by atoms with van der Waals surface area (Å²) in [7, 11) is 0. The SMILES string of the molecule is CCCCC[C@H](O)/C=C/[C@H](O)[C@@H]1C[C@H](O)[C@@H](C/C=C\CCCC(=O)O)O1. The summed E-state index contributed by atoms with van der Waals surface area (Å²) in [6.45, 7) is 2.11. The highest BCUT2D eigenvalue weighted by Gasteiger charge is 2.36. The van der Waals surface area contributed by atoms with Crippen LogP contribution >= 0.6 is 0 Å². The van der Waals surface area contributed by atoms with E-state index in [1.807, 2.05) is 12.2 Å². The van der Waals surface area contributed by atoms with Crippen LogP contribution in [0.25, 0.3) is 0 Å². The smallest absolute Gasteiger partial charge is 0.303 e. The third-order valence-electron chi connectivity index (χ3n) is 4.56. The Bertz CT molecular complexity index is 448. The van der Waals surface area contributed by atoms with E-state index in [4.69, 9.17) is 9.84 Å². The molecule has 1 fully saturated rings. The summed E-state index contributed by atoms with van der Waals surface area (Å²) < 4.78 is 5.73. The van der Waals surface area contributed by atoms with Crippen molar-refractivity contribution >= 4 is 5.97 Å². The third kappa shape index (κ3) is 9.48. The molecule has 0 aromatic carbocycles. The van der Waals surface area contributed by atoms with Crippen molar-refractivity contribution in [1.82, 2.24) is 0 Å². The van der Waals surface area contributed by atoms with E-state index in [9.17, 15) is 20.1 Å². The highest BCUT2D eigenvalue weighted by molar-refractivity contribution is 5.66. The van der Waals surface area contributed by atoms with Crippen LogP contribution in [0.2, 0.25) is 0 Å². The second-order valence-electron chi connectivity index (χ2n) is 6.95. The average Bonchev–Trinajstić information content (AvgIpc) is 2.97. The van der Waals surface area contributed by atoms with E-state index in [-0.39, 0.29) is 12.5 Å². The molecule has 1 heterocycles. The zero-order chi connectivity index (χ0) is 19.4. The summed E-state index contributed by atoms with van der Waals surface area (Å²) in [4.78, 5) is 10.4. The zero-order valence-electron chi connectivity index (χ0n) is 15.7. The Hall–Kier alpha value is -1.21. The Morgan fingerprint density at radius 1 is 1.19 bits per heavy atom. The van der Waals surface area contributed by atoms with Crippen LogP contribution in [0.3, 0.4) is 0 Å². The summed E-state index contributed by atoms with van der Waals surface area (Å²) in [5.41, 5.74) is 0. The zero-order valence-corrected chi connectivity index (χ0v) is 15.7. The van der Waals surface area contributed by atoms with Gasteiger partial charge in [0.05, 0.1) is 30.5 Å². The second kappa shape index (κ2) is 13.0. The Labute approximate surface area is 156 Å². The number of allylic oxidation sites excluding steroid dienone is 1. The molecule has 0 aromatic rings. The van der Waals surface area contributed by atoms with Crippen molar-refractivity contribution in [2.75, 3.05) is 0 Å². The molecule has 0 radical (unpaired) electrons. The van der Waals surface area contributed by atoms with Gasteiger partial charge in [0.15, 0.2) is 0 Å². The summed E-state index contributed by atoms with van der Waals surface area (Å²) in [5.74, 6) is -0.798. The lowest BCUT2D eigenvalue weighted by Crippen LogP contribution is -2.24. The molecule has 0 aliphatic carbocycles. The fourth-order valence-electron chi connectivity index (χ4n) is 2.98. The van der Waals surface area contributed by atoms with Crippen molar-refractivity contribution in [2.45, 2.75) is 95.2 Å². The maximum absolute atomic E-state index is 10.4. The quantitative estimate of drug-likeness (QED) is 0.293. The van der Waals surface area contributed by atoms with Gasteiger partial charge < -0.3 is 25.2 Å². The van der Waals surface area contributed by atoms with Gasteiger partial charge in [-0.2, -0.15) is 0 Å².